The Balaban J connectivity index is 1.99. The summed E-state index contributed by atoms with van der Waals surface area (Å²) in [4.78, 5) is 21.4. The molecule has 5 nitrogen and oxygen atoms in total. The summed E-state index contributed by atoms with van der Waals surface area (Å²) in [5.74, 6) is -0.119. The number of nitrogens with one attached hydrogen (secondary N) is 1. The molecule has 1 aliphatic rings. The molecule has 0 saturated carbocycles. The largest absolute Gasteiger partial charge is 0.354 e. The quantitative estimate of drug-likeness (QED) is 0.888. The molecule has 2 rings (SSSR count). The van der Waals surface area contributed by atoms with E-state index >= 15 is 0 Å². The first kappa shape index (κ1) is 13.7. The van der Waals surface area contributed by atoms with Crippen LogP contribution in [-0.4, -0.2) is 35.0 Å². The average Bonchev–Trinajstić information content (AvgIpc) is 2.28. The predicted molar refractivity (Wildman–Crippen MR) is 70.3 cm³/mol. The van der Waals surface area contributed by atoms with Crippen LogP contribution in [0.4, 0.5) is 10.2 Å². The van der Waals surface area contributed by atoms with Crippen molar-refractivity contribution in [1.29, 1.82) is 0 Å². The van der Waals surface area contributed by atoms with Crippen molar-refractivity contribution in [2.75, 3.05) is 18.0 Å². The van der Waals surface area contributed by atoms with Gasteiger partial charge in [0.05, 0.1) is 11.6 Å². The Hall–Kier alpha value is -1.72. The first-order valence-electron chi connectivity index (χ1n) is 6.57. The van der Waals surface area contributed by atoms with Crippen molar-refractivity contribution in [1.82, 2.24) is 15.3 Å². The highest BCUT2D eigenvalue weighted by atomic mass is 19.1. The Morgan fingerprint density at radius 3 is 2.79 bits per heavy atom. The molecule has 1 saturated heterocycles. The number of carbonyl (C=O) groups excluding carboxylic acids is 1. The zero-order valence-corrected chi connectivity index (χ0v) is 11.5. The highest BCUT2D eigenvalue weighted by molar-refractivity contribution is 5.82. The van der Waals surface area contributed by atoms with Gasteiger partial charge in [0, 0.05) is 19.1 Å². The number of aryl methyl sites for hydroxylation is 1. The van der Waals surface area contributed by atoms with Gasteiger partial charge in [-0.2, -0.15) is 0 Å². The molecule has 0 atom stereocenters. The maximum absolute atomic E-state index is 14.0. The lowest BCUT2D eigenvalue weighted by atomic mass is 9.98. The lowest BCUT2D eigenvalue weighted by Gasteiger charge is -2.39. The topological polar surface area (TPSA) is 58.1 Å². The fourth-order valence-electron chi connectivity index (χ4n) is 2.08. The highest BCUT2D eigenvalue weighted by Gasteiger charge is 2.35. The van der Waals surface area contributed by atoms with E-state index in [1.165, 1.54) is 6.33 Å². The summed E-state index contributed by atoms with van der Waals surface area (Å²) in [6, 6.07) is 0.129. The van der Waals surface area contributed by atoms with Crippen LogP contribution < -0.4 is 10.2 Å². The number of nitrogens with zero attached hydrogens (tertiary/aromatic N) is 3. The van der Waals surface area contributed by atoms with E-state index in [9.17, 15) is 9.18 Å². The van der Waals surface area contributed by atoms with Crippen LogP contribution in [0.5, 0.6) is 0 Å². The molecule has 104 valence electrons. The zero-order valence-electron chi connectivity index (χ0n) is 11.5. The molecule has 1 amide bonds. The van der Waals surface area contributed by atoms with Gasteiger partial charge in [-0.3, -0.25) is 4.79 Å². The second-order valence-corrected chi connectivity index (χ2v) is 5.08. The molecule has 19 heavy (non-hydrogen) atoms. The smallest absolute Gasteiger partial charge is 0.226 e. The van der Waals surface area contributed by atoms with Crippen molar-refractivity contribution in [2.45, 2.75) is 33.2 Å². The summed E-state index contributed by atoms with van der Waals surface area (Å²) in [6.07, 6.45) is 1.91. The summed E-state index contributed by atoms with van der Waals surface area (Å²) in [6.45, 7) is 6.72. The molecular formula is C13H19FN4O. The Labute approximate surface area is 112 Å². The van der Waals surface area contributed by atoms with Gasteiger partial charge in [0.2, 0.25) is 5.91 Å². The van der Waals surface area contributed by atoms with Crippen LogP contribution in [0.1, 0.15) is 26.5 Å². The third-order valence-corrected chi connectivity index (χ3v) is 3.16. The van der Waals surface area contributed by atoms with Gasteiger partial charge in [-0.25, -0.2) is 14.4 Å². The van der Waals surface area contributed by atoms with Crippen LogP contribution in [-0.2, 0) is 11.2 Å². The number of aromatic nitrogens is 2. The minimum Gasteiger partial charge on any atom is -0.354 e. The number of halogens is 1. The van der Waals surface area contributed by atoms with E-state index < -0.39 is 0 Å². The fraction of sp³-hybridized carbons (Fsp3) is 0.615. The van der Waals surface area contributed by atoms with Crippen LogP contribution in [0.3, 0.4) is 0 Å². The van der Waals surface area contributed by atoms with Crippen LogP contribution in [0.25, 0.3) is 0 Å². The molecule has 0 aromatic carbocycles. The first-order chi connectivity index (χ1) is 9.02. The SMILES string of the molecule is CCc1ncnc(N2CC(C(=O)NC(C)C)C2)c1F. The third kappa shape index (κ3) is 2.83. The summed E-state index contributed by atoms with van der Waals surface area (Å²) in [7, 11) is 0. The standard InChI is InChI=1S/C13H19FN4O/c1-4-10-11(14)12(16-7-15-10)18-5-9(6-18)13(19)17-8(2)3/h7-9H,4-6H2,1-3H3,(H,17,19). The number of carbonyl (C=O) groups is 1. The maximum atomic E-state index is 14.0. The van der Waals surface area contributed by atoms with Gasteiger partial charge in [-0.15, -0.1) is 0 Å². The van der Waals surface area contributed by atoms with E-state index in [1.807, 2.05) is 20.8 Å². The van der Waals surface area contributed by atoms with Crippen molar-refractivity contribution in [2.24, 2.45) is 5.92 Å². The molecule has 0 aliphatic carbocycles. The summed E-state index contributed by atoms with van der Waals surface area (Å²) < 4.78 is 14.0. The van der Waals surface area contributed by atoms with Crippen LogP contribution in [0, 0.1) is 11.7 Å². The van der Waals surface area contributed by atoms with Crippen molar-refractivity contribution in [3.05, 3.63) is 17.8 Å². The van der Waals surface area contributed by atoms with Gasteiger partial charge < -0.3 is 10.2 Å². The monoisotopic (exact) mass is 266 g/mol. The van der Waals surface area contributed by atoms with Crippen molar-refractivity contribution in [3.63, 3.8) is 0 Å². The molecule has 1 aromatic heterocycles. The number of anilines is 1. The van der Waals surface area contributed by atoms with Gasteiger partial charge >= 0.3 is 0 Å². The number of hydrogen-bond acceptors (Lipinski definition) is 4. The predicted octanol–water partition coefficient (Wildman–Crippen LogP) is 1.14. The molecule has 1 fully saturated rings. The first-order valence-corrected chi connectivity index (χ1v) is 6.57. The normalized spacial score (nSPS) is 15.5. The van der Waals surface area contributed by atoms with E-state index in [1.54, 1.807) is 4.90 Å². The zero-order chi connectivity index (χ0) is 14.0. The van der Waals surface area contributed by atoms with Gasteiger partial charge in [-0.05, 0) is 20.3 Å². The Morgan fingerprint density at radius 1 is 1.53 bits per heavy atom. The Kier molecular flexibility index (Phi) is 3.97. The summed E-state index contributed by atoms with van der Waals surface area (Å²) in [5, 5.41) is 2.86. The van der Waals surface area contributed by atoms with E-state index in [2.05, 4.69) is 15.3 Å². The van der Waals surface area contributed by atoms with Crippen molar-refractivity contribution < 1.29 is 9.18 Å². The second kappa shape index (κ2) is 5.50. The van der Waals surface area contributed by atoms with Crippen LogP contribution >= 0.6 is 0 Å². The summed E-state index contributed by atoms with van der Waals surface area (Å²) >= 11 is 0. The molecule has 2 heterocycles. The Morgan fingerprint density at radius 2 is 2.21 bits per heavy atom. The number of hydrogen-bond donors (Lipinski definition) is 1. The van der Waals surface area contributed by atoms with Gasteiger partial charge in [0.25, 0.3) is 0 Å². The number of amides is 1. The average molecular weight is 266 g/mol. The van der Waals surface area contributed by atoms with E-state index in [0.29, 0.717) is 31.0 Å². The molecule has 1 aliphatic heterocycles. The molecule has 1 aromatic rings. The van der Waals surface area contributed by atoms with Crippen LogP contribution in [0.15, 0.2) is 6.33 Å². The van der Waals surface area contributed by atoms with Crippen LogP contribution in [0.2, 0.25) is 0 Å². The third-order valence-electron chi connectivity index (χ3n) is 3.16. The van der Waals surface area contributed by atoms with Crippen molar-refractivity contribution in [3.8, 4) is 0 Å². The van der Waals surface area contributed by atoms with Gasteiger partial charge in [0.1, 0.15) is 6.33 Å². The fourth-order valence-corrected chi connectivity index (χ4v) is 2.08. The molecule has 0 spiro atoms. The lowest BCUT2D eigenvalue weighted by molar-refractivity contribution is -0.126. The van der Waals surface area contributed by atoms with Gasteiger partial charge in [-0.1, -0.05) is 6.92 Å². The molecule has 0 radical (unpaired) electrons. The summed E-state index contributed by atoms with van der Waals surface area (Å²) in [5.41, 5.74) is 0.417. The molecule has 0 bridgehead atoms. The minimum absolute atomic E-state index is 0.0245. The second-order valence-electron chi connectivity index (χ2n) is 5.08. The minimum atomic E-state index is -0.368. The lowest BCUT2D eigenvalue weighted by Crippen LogP contribution is -2.55. The van der Waals surface area contributed by atoms with Crippen molar-refractivity contribution >= 4 is 11.7 Å². The van der Waals surface area contributed by atoms with E-state index in [0.717, 1.165) is 0 Å². The van der Waals surface area contributed by atoms with E-state index in [4.69, 9.17) is 0 Å². The molecule has 6 heteroatoms. The Bertz CT molecular complexity index is 472. The molecule has 1 N–H and O–H groups in total. The maximum Gasteiger partial charge on any atom is 0.226 e. The van der Waals surface area contributed by atoms with E-state index in [-0.39, 0.29) is 23.7 Å². The molecular weight excluding hydrogens is 247 g/mol. The molecule has 0 unspecified atom stereocenters. The highest BCUT2D eigenvalue weighted by Crippen LogP contribution is 2.26. The number of rotatable bonds is 4. The van der Waals surface area contributed by atoms with Gasteiger partial charge in [0.15, 0.2) is 11.6 Å².